The summed E-state index contributed by atoms with van der Waals surface area (Å²) in [6.07, 6.45) is -1.20. The van der Waals surface area contributed by atoms with Crippen LogP contribution < -0.4 is 5.32 Å². The van der Waals surface area contributed by atoms with Gasteiger partial charge < -0.3 is 5.32 Å². The van der Waals surface area contributed by atoms with Crippen LogP contribution in [0.25, 0.3) is 17.1 Å². The number of rotatable bonds is 6. The van der Waals surface area contributed by atoms with Crippen molar-refractivity contribution < 1.29 is 18.0 Å². The van der Waals surface area contributed by atoms with Crippen molar-refractivity contribution in [2.24, 2.45) is 0 Å². The number of hydrogen-bond acceptors (Lipinski definition) is 5. The predicted octanol–water partition coefficient (Wildman–Crippen LogP) is 5.73. The van der Waals surface area contributed by atoms with E-state index in [2.05, 4.69) is 20.5 Å². The number of para-hydroxylation sites is 1. The van der Waals surface area contributed by atoms with Crippen molar-refractivity contribution in [2.75, 3.05) is 11.1 Å². The van der Waals surface area contributed by atoms with Crippen molar-refractivity contribution in [1.82, 2.24) is 19.7 Å². The van der Waals surface area contributed by atoms with Gasteiger partial charge in [-0.15, -0.1) is 10.2 Å². The second-order valence-corrected chi connectivity index (χ2v) is 8.10. The molecule has 1 N–H and O–H groups in total. The van der Waals surface area contributed by atoms with Gasteiger partial charge in [0.15, 0.2) is 11.0 Å². The van der Waals surface area contributed by atoms with Crippen LogP contribution in [0.5, 0.6) is 0 Å². The van der Waals surface area contributed by atoms with E-state index in [9.17, 15) is 18.0 Å². The first kappa shape index (κ1) is 22.8. The number of halogens is 4. The standard InChI is InChI=1S/C22H15ClF3N5OS/c23-17-11-15(22(24,25)26)8-9-18(17)28-19(32)13-33-21-30-29-20(14-5-4-10-27-12-14)31(21)16-6-2-1-3-7-16/h1-12H,13H2,(H,28,32). The van der Waals surface area contributed by atoms with Crippen LogP contribution in [0.2, 0.25) is 5.02 Å². The number of carbonyl (C=O) groups excluding carboxylic acids is 1. The van der Waals surface area contributed by atoms with E-state index in [1.165, 1.54) is 0 Å². The van der Waals surface area contributed by atoms with Gasteiger partial charge in [0, 0.05) is 23.6 Å². The van der Waals surface area contributed by atoms with Crippen LogP contribution in [-0.4, -0.2) is 31.4 Å². The molecule has 0 aliphatic rings. The van der Waals surface area contributed by atoms with Crippen LogP contribution >= 0.6 is 23.4 Å². The Morgan fingerprint density at radius 3 is 2.52 bits per heavy atom. The average molecular weight is 490 g/mol. The first-order valence-corrected chi connectivity index (χ1v) is 10.9. The molecule has 0 spiro atoms. The summed E-state index contributed by atoms with van der Waals surface area (Å²) in [5.41, 5.74) is 0.756. The third-order valence-corrected chi connectivity index (χ3v) is 5.71. The Hall–Kier alpha value is -3.37. The number of alkyl halides is 3. The summed E-state index contributed by atoms with van der Waals surface area (Å²) in [5.74, 6) is 0.0465. The number of nitrogens with one attached hydrogen (secondary N) is 1. The van der Waals surface area contributed by atoms with Gasteiger partial charge in [-0.1, -0.05) is 41.6 Å². The molecule has 0 radical (unpaired) electrons. The highest BCUT2D eigenvalue weighted by Crippen LogP contribution is 2.34. The second-order valence-electron chi connectivity index (χ2n) is 6.75. The van der Waals surface area contributed by atoms with E-state index in [0.29, 0.717) is 11.0 Å². The molecule has 0 bridgehead atoms. The first-order chi connectivity index (χ1) is 15.8. The zero-order chi connectivity index (χ0) is 23.4. The molecule has 33 heavy (non-hydrogen) atoms. The number of amides is 1. The Bertz CT molecular complexity index is 1270. The summed E-state index contributed by atoms with van der Waals surface area (Å²) in [4.78, 5) is 16.6. The van der Waals surface area contributed by atoms with Crippen molar-refractivity contribution in [3.05, 3.63) is 83.6 Å². The van der Waals surface area contributed by atoms with Gasteiger partial charge in [0.05, 0.1) is 22.0 Å². The molecular formula is C22H15ClF3N5OS. The molecule has 1 amide bonds. The molecule has 0 saturated carbocycles. The van der Waals surface area contributed by atoms with Gasteiger partial charge in [-0.2, -0.15) is 13.2 Å². The Balaban J connectivity index is 1.53. The van der Waals surface area contributed by atoms with Crippen molar-refractivity contribution in [2.45, 2.75) is 11.3 Å². The maximum Gasteiger partial charge on any atom is 0.416 e. The number of hydrogen-bond donors (Lipinski definition) is 1. The summed E-state index contributed by atoms with van der Waals surface area (Å²) in [6, 6.07) is 15.8. The molecule has 6 nitrogen and oxygen atoms in total. The van der Waals surface area contributed by atoms with E-state index in [4.69, 9.17) is 11.6 Å². The molecular weight excluding hydrogens is 475 g/mol. The van der Waals surface area contributed by atoms with E-state index < -0.39 is 17.6 Å². The van der Waals surface area contributed by atoms with E-state index in [1.807, 2.05) is 36.4 Å². The lowest BCUT2D eigenvalue weighted by atomic mass is 10.2. The molecule has 0 fully saturated rings. The van der Waals surface area contributed by atoms with Gasteiger partial charge in [-0.3, -0.25) is 14.3 Å². The number of nitrogens with zero attached hydrogens (tertiary/aromatic N) is 4. The molecule has 4 aromatic rings. The van der Waals surface area contributed by atoms with Gasteiger partial charge >= 0.3 is 6.18 Å². The fourth-order valence-electron chi connectivity index (χ4n) is 2.96. The van der Waals surface area contributed by atoms with E-state index in [0.717, 1.165) is 41.2 Å². The van der Waals surface area contributed by atoms with Crippen LogP contribution in [-0.2, 0) is 11.0 Å². The number of aromatic nitrogens is 4. The zero-order valence-corrected chi connectivity index (χ0v) is 18.3. The third kappa shape index (κ3) is 5.35. The van der Waals surface area contributed by atoms with Gasteiger partial charge in [0.1, 0.15) is 0 Å². The summed E-state index contributed by atoms with van der Waals surface area (Å²) >= 11 is 7.05. The van der Waals surface area contributed by atoms with Gasteiger partial charge in [0.2, 0.25) is 5.91 Å². The van der Waals surface area contributed by atoms with Crippen LogP contribution in [0.1, 0.15) is 5.56 Å². The fourth-order valence-corrected chi connectivity index (χ4v) is 3.94. The largest absolute Gasteiger partial charge is 0.416 e. The van der Waals surface area contributed by atoms with Gasteiger partial charge in [0.25, 0.3) is 0 Å². The van der Waals surface area contributed by atoms with Gasteiger partial charge in [-0.05, 0) is 42.5 Å². The van der Waals surface area contributed by atoms with Crippen LogP contribution in [0.15, 0.2) is 78.2 Å². The highest BCUT2D eigenvalue weighted by molar-refractivity contribution is 7.99. The minimum absolute atomic E-state index is 0.0602. The molecule has 0 unspecified atom stereocenters. The smallest absolute Gasteiger partial charge is 0.324 e. The molecule has 0 aliphatic carbocycles. The number of thioether (sulfide) groups is 1. The minimum atomic E-state index is -4.52. The molecule has 2 aromatic heterocycles. The molecule has 0 saturated heterocycles. The monoisotopic (exact) mass is 489 g/mol. The molecule has 2 aromatic carbocycles. The lowest BCUT2D eigenvalue weighted by Crippen LogP contribution is -2.15. The highest BCUT2D eigenvalue weighted by Gasteiger charge is 2.31. The average Bonchev–Trinajstić information content (AvgIpc) is 3.23. The van der Waals surface area contributed by atoms with Crippen molar-refractivity contribution in [3.63, 3.8) is 0 Å². The lowest BCUT2D eigenvalue weighted by molar-refractivity contribution is -0.137. The highest BCUT2D eigenvalue weighted by atomic mass is 35.5. The van der Waals surface area contributed by atoms with Crippen molar-refractivity contribution in [3.8, 4) is 17.1 Å². The fraction of sp³-hybridized carbons (Fsp3) is 0.0909. The summed E-state index contributed by atoms with van der Waals surface area (Å²) in [7, 11) is 0. The number of benzene rings is 2. The maximum atomic E-state index is 12.8. The number of anilines is 1. The molecule has 4 rings (SSSR count). The SMILES string of the molecule is O=C(CSc1nnc(-c2cccnc2)n1-c1ccccc1)Nc1ccc(C(F)(F)F)cc1Cl. The Morgan fingerprint density at radius 1 is 1.06 bits per heavy atom. The summed E-state index contributed by atoms with van der Waals surface area (Å²) in [5, 5.41) is 11.3. The third-order valence-electron chi connectivity index (χ3n) is 4.47. The summed E-state index contributed by atoms with van der Waals surface area (Å²) in [6.45, 7) is 0. The van der Waals surface area contributed by atoms with E-state index in [1.54, 1.807) is 23.0 Å². The quantitative estimate of drug-likeness (QED) is 0.350. The van der Waals surface area contributed by atoms with Crippen LogP contribution in [0, 0.1) is 0 Å². The molecule has 0 atom stereocenters. The molecule has 11 heteroatoms. The topological polar surface area (TPSA) is 72.7 Å². The Morgan fingerprint density at radius 2 is 1.85 bits per heavy atom. The van der Waals surface area contributed by atoms with Gasteiger partial charge in [-0.25, -0.2) is 0 Å². The van der Waals surface area contributed by atoms with Crippen LogP contribution in [0.3, 0.4) is 0 Å². The van der Waals surface area contributed by atoms with E-state index in [-0.39, 0.29) is 16.5 Å². The zero-order valence-electron chi connectivity index (χ0n) is 16.8. The number of pyridine rings is 1. The lowest BCUT2D eigenvalue weighted by Gasteiger charge is -2.12. The predicted molar refractivity (Wildman–Crippen MR) is 120 cm³/mol. The molecule has 0 aliphatic heterocycles. The second kappa shape index (κ2) is 9.63. The first-order valence-electron chi connectivity index (χ1n) is 9.53. The molecule has 168 valence electrons. The maximum absolute atomic E-state index is 12.8. The molecule has 2 heterocycles. The van der Waals surface area contributed by atoms with Crippen molar-refractivity contribution in [1.29, 1.82) is 0 Å². The van der Waals surface area contributed by atoms with E-state index >= 15 is 0 Å². The Kier molecular flexibility index (Phi) is 6.66. The normalized spacial score (nSPS) is 11.4. The Labute approximate surface area is 195 Å². The number of carbonyl (C=O) groups is 1. The summed E-state index contributed by atoms with van der Waals surface area (Å²) < 4.78 is 40.2. The van der Waals surface area contributed by atoms with Crippen LogP contribution in [0.4, 0.5) is 18.9 Å². The minimum Gasteiger partial charge on any atom is -0.324 e. The van der Waals surface area contributed by atoms with Crippen molar-refractivity contribution >= 4 is 35.0 Å².